The number of rotatable bonds is 2. The minimum Gasteiger partial charge on any atom is -0.872 e. The van der Waals surface area contributed by atoms with Crippen molar-refractivity contribution < 1.29 is 10.2 Å². The molecule has 17 heavy (non-hydrogen) atoms. The van der Waals surface area contributed by atoms with Gasteiger partial charge in [-0.25, -0.2) is 0 Å². The third kappa shape index (κ3) is 3.38. The monoisotopic (exact) mass is 252 g/mol. The van der Waals surface area contributed by atoms with Crippen molar-refractivity contribution in [2.24, 2.45) is 0 Å². The standard InChI is InChI=1S/C14H14O2.Ca/c1-10-5-4-7-12(14(10)16)9-11-6-2-3-8-13(11)15;/h2-8,15-16H,9H2,1H3;/q;+2/p-2. The molecule has 0 unspecified atom stereocenters. The first-order valence-electron chi connectivity index (χ1n) is 5.19. The first kappa shape index (κ1) is 14.4. The fourth-order valence-corrected chi connectivity index (χ4v) is 1.71. The molecule has 2 rings (SSSR count). The second-order valence-electron chi connectivity index (χ2n) is 3.85. The molecule has 2 aromatic carbocycles. The van der Waals surface area contributed by atoms with Crippen LogP contribution in [-0.2, 0) is 6.42 Å². The molecule has 0 saturated heterocycles. The molecule has 0 aromatic heterocycles. The molecule has 2 nitrogen and oxygen atoms in total. The molecule has 0 fully saturated rings. The van der Waals surface area contributed by atoms with Gasteiger partial charge in [-0.2, -0.15) is 0 Å². The first-order chi connectivity index (χ1) is 7.68. The number of hydrogen-bond donors (Lipinski definition) is 0. The Labute approximate surface area is 131 Å². The second kappa shape index (κ2) is 6.29. The molecule has 0 amide bonds. The topological polar surface area (TPSA) is 46.1 Å². The van der Waals surface area contributed by atoms with Crippen LogP contribution in [0.2, 0.25) is 0 Å². The van der Waals surface area contributed by atoms with Crippen LogP contribution >= 0.6 is 0 Å². The van der Waals surface area contributed by atoms with Crippen molar-refractivity contribution in [1.29, 1.82) is 0 Å². The molecule has 2 aromatic rings. The maximum Gasteiger partial charge on any atom is 2.00 e. The van der Waals surface area contributed by atoms with Gasteiger partial charge >= 0.3 is 37.7 Å². The van der Waals surface area contributed by atoms with Gasteiger partial charge < -0.3 is 10.2 Å². The zero-order valence-corrected chi connectivity index (χ0v) is 12.0. The average Bonchev–Trinajstić information content (AvgIpc) is 2.28. The van der Waals surface area contributed by atoms with Crippen LogP contribution in [0.1, 0.15) is 16.7 Å². The summed E-state index contributed by atoms with van der Waals surface area (Å²) < 4.78 is 0. The van der Waals surface area contributed by atoms with Gasteiger partial charge in [-0.15, -0.1) is 11.5 Å². The zero-order valence-electron chi connectivity index (χ0n) is 9.77. The molecule has 82 valence electrons. The van der Waals surface area contributed by atoms with Crippen molar-refractivity contribution in [1.82, 2.24) is 0 Å². The molecular formula is C14H12CaO2. The van der Waals surface area contributed by atoms with Gasteiger partial charge in [0.1, 0.15) is 0 Å². The van der Waals surface area contributed by atoms with Crippen LogP contribution in [0.4, 0.5) is 0 Å². The fraction of sp³-hybridized carbons (Fsp3) is 0.143. The van der Waals surface area contributed by atoms with Crippen molar-refractivity contribution in [3.8, 4) is 11.5 Å². The Bertz CT molecular complexity index is 509. The number of para-hydroxylation sites is 2. The molecule has 3 heteroatoms. The predicted octanol–water partition coefficient (Wildman–Crippen LogP) is 1.35. The molecule has 0 spiro atoms. The van der Waals surface area contributed by atoms with Gasteiger partial charge in [0.2, 0.25) is 0 Å². The van der Waals surface area contributed by atoms with Crippen LogP contribution in [0.3, 0.4) is 0 Å². The Hall–Kier alpha value is -0.700. The van der Waals surface area contributed by atoms with Crippen LogP contribution in [0.5, 0.6) is 11.5 Å². The summed E-state index contributed by atoms with van der Waals surface area (Å²) >= 11 is 0. The van der Waals surface area contributed by atoms with E-state index in [2.05, 4.69) is 0 Å². The van der Waals surface area contributed by atoms with Gasteiger partial charge in [-0.1, -0.05) is 59.2 Å². The minimum absolute atomic E-state index is 0. The van der Waals surface area contributed by atoms with E-state index in [9.17, 15) is 10.2 Å². The van der Waals surface area contributed by atoms with Crippen LogP contribution in [0.25, 0.3) is 0 Å². The second-order valence-corrected chi connectivity index (χ2v) is 3.85. The third-order valence-corrected chi connectivity index (χ3v) is 2.65. The van der Waals surface area contributed by atoms with Crippen LogP contribution in [-0.4, -0.2) is 37.7 Å². The molecule has 0 bridgehead atoms. The van der Waals surface area contributed by atoms with E-state index in [1.54, 1.807) is 31.2 Å². The van der Waals surface area contributed by atoms with Gasteiger partial charge in [-0.3, -0.25) is 0 Å². The third-order valence-electron chi connectivity index (χ3n) is 2.65. The maximum atomic E-state index is 11.8. The van der Waals surface area contributed by atoms with Crippen LogP contribution in [0, 0.1) is 6.92 Å². The van der Waals surface area contributed by atoms with Crippen molar-refractivity contribution in [3.63, 3.8) is 0 Å². The van der Waals surface area contributed by atoms with Gasteiger partial charge in [0, 0.05) is 0 Å². The summed E-state index contributed by atoms with van der Waals surface area (Å²) in [7, 11) is 0. The molecule has 0 radical (unpaired) electrons. The Morgan fingerprint density at radius 3 is 2.24 bits per heavy atom. The van der Waals surface area contributed by atoms with Crippen LogP contribution in [0.15, 0.2) is 42.5 Å². The Morgan fingerprint density at radius 1 is 0.882 bits per heavy atom. The van der Waals surface area contributed by atoms with Crippen molar-refractivity contribution in [2.45, 2.75) is 13.3 Å². The number of aryl methyl sites for hydroxylation is 1. The summed E-state index contributed by atoms with van der Waals surface area (Å²) in [4.78, 5) is 0. The summed E-state index contributed by atoms with van der Waals surface area (Å²) in [6, 6.07) is 12.2. The predicted molar refractivity (Wildman–Crippen MR) is 65.1 cm³/mol. The molecule has 0 aliphatic heterocycles. The number of benzene rings is 2. The van der Waals surface area contributed by atoms with Crippen molar-refractivity contribution >= 4 is 37.7 Å². The molecule has 0 aliphatic rings. The smallest absolute Gasteiger partial charge is 0.872 e. The Balaban J connectivity index is 0.00000144. The summed E-state index contributed by atoms with van der Waals surface area (Å²) in [6.07, 6.45) is 0.417. The Morgan fingerprint density at radius 2 is 1.53 bits per heavy atom. The molecule has 0 N–H and O–H groups in total. The van der Waals surface area contributed by atoms with E-state index in [0.717, 1.165) is 5.56 Å². The van der Waals surface area contributed by atoms with E-state index in [4.69, 9.17) is 0 Å². The summed E-state index contributed by atoms with van der Waals surface area (Å²) in [5.41, 5.74) is 2.08. The van der Waals surface area contributed by atoms with Gasteiger partial charge in [0.05, 0.1) is 0 Å². The molecule has 0 heterocycles. The molecule has 0 atom stereocenters. The molecular weight excluding hydrogens is 240 g/mol. The van der Waals surface area contributed by atoms with E-state index >= 15 is 0 Å². The number of hydrogen-bond acceptors (Lipinski definition) is 2. The van der Waals surface area contributed by atoms with E-state index < -0.39 is 0 Å². The molecule has 0 aliphatic carbocycles. The average molecular weight is 252 g/mol. The van der Waals surface area contributed by atoms with Crippen molar-refractivity contribution in [2.75, 3.05) is 0 Å². The first-order valence-corrected chi connectivity index (χ1v) is 5.19. The van der Waals surface area contributed by atoms with Crippen LogP contribution < -0.4 is 10.2 Å². The quantitative estimate of drug-likeness (QED) is 0.757. The summed E-state index contributed by atoms with van der Waals surface area (Å²) in [6.45, 7) is 1.79. The maximum absolute atomic E-state index is 11.8. The van der Waals surface area contributed by atoms with Gasteiger partial charge in [-0.05, 0) is 13.3 Å². The van der Waals surface area contributed by atoms with E-state index in [1.165, 1.54) is 6.07 Å². The SMILES string of the molecule is Cc1cccc(Cc2ccccc2[O-])c1[O-].[Ca+2]. The van der Waals surface area contributed by atoms with E-state index in [0.29, 0.717) is 17.5 Å². The summed E-state index contributed by atoms with van der Waals surface area (Å²) in [5.74, 6) is 0.0224. The van der Waals surface area contributed by atoms with E-state index in [-0.39, 0.29) is 49.2 Å². The Kier molecular flexibility index (Phi) is 5.31. The van der Waals surface area contributed by atoms with Gasteiger partial charge in [0.25, 0.3) is 0 Å². The van der Waals surface area contributed by atoms with Gasteiger partial charge in [0.15, 0.2) is 0 Å². The van der Waals surface area contributed by atoms with Crippen molar-refractivity contribution in [3.05, 3.63) is 59.2 Å². The summed E-state index contributed by atoms with van der Waals surface area (Å²) in [5, 5.41) is 23.3. The normalized spacial score (nSPS) is 9.71. The largest absolute Gasteiger partial charge is 2.00 e. The fourth-order valence-electron chi connectivity index (χ4n) is 1.71. The molecule has 0 saturated carbocycles. The zero-order chi connectivity index (χ0) is 11.5. The minimum atomic E-state index is -0.0107. The van der Waals surface area contributed by atoms with E-state index in [1.807, 2.05) is 12.1 Å².